The monoisotopic (exact) mass is 439 g/mol. The maximum atomic E-state index is 13.2. The van der Waals surface area contributed by atoms with E-state index in [9.17, 15) is 14.7 Å². The third-order valence-electron chi connectivity index (χ3n) is 5.25. The molecule has 1 aliphatic heterocycles. The quantitative estimate of drug-likeness (QED) is 0.614. The zero-order valence-electron chi connectivity index (χ0n) is 19.0. The molecule has 1 aliphatic rings. The molecule has 170 valence electrons. The molecule has 32 heavy (non-hydrogen) atoms. The molecule has 2 aromatic rings. The molecule has 0 radical (unpaired) electrons. The molecule has 0 fully saturated rings. The van der Waals surface area contributed by atoms with E-state index < -0.39 is 17.7 Å². The van der Waals surface area contributed by atoms with Crippen molar-refractivity contribution in [1.82, 2.24) is 0 Å². The van der Waals surface area contributed by atoms with Crippen molar-refractivity contribution >= 4 is 17.4 Å². The lowest BCUT2D eigenvalue weighted by Crippen LogP contribution is -2.31. The van der Waals surface area contributed by atoms with Crippen molar-refractivity contribution in [1.29, 1.82) is 0 Å². The standard InChI is InChI=1S/C25H29NO6/c1-6-32-18-10-8-17(9-11-18)26-23(16-7-12-20(30-4)21(14-16)31-5)22(24(28)25(26)29)19(27)13-15(2)3/h7-12,14-15,23,28H,6,13H2,1-5H3. The molecule has 0 aromatic heterocycles. The van der Waals surface area contributed by atoms with Crippen LogP contribution in [0.15, 0.2) is 53.8 Å². The number of ether oxygens (including phenoxy) is 3. The zero-order chi connectivity index (χ0) is 23.4. The molecule has 1 unspecified atom stereocenters. The minimum absolute atomic E-state index is 0.0727. The Morgan fingerprint density at radius 1 is 1.06 bits per heavy atom. The Balaban J connectivity index is 2.14. The van der Waals surface area contributed by atoms with Gasteiger partial charge in [-0.1, -0.05) is 19.9 Å². The third-order valence-corrected chi connectivity index (χ3v) is 5.25. The van der Waals surface area contributed by atoms with E-state index in [1.165, 1.54) is 19.1 Å². The molecule has 2 aromatic carbocycles. The molecular formula is C25H29NO6. The number of ketones is 1. The SMILES string of the molecule is CCOc1ccc(N2C(=O)C(O)=C(C(=O)CC(C)C)C2c2ccc(OC)c(OC)c2)cc1. The number of benzene rings is 2. The Kier molecular flexibility index (Phi) is 7.08. The summed E-state index contributed by atoms with van der Waals surface area (Å²) in [6.07, 6.45) is 0.216. The van der Waals surface area contributed by atoms with Gasteiger partial charge in [0.1, 0.15) is 5.75 Å². The van der Waals surface area contributed by atoms with Crippen LogP contribution in [0.5, 0.6) is 17.2 Å². The van der Waals surface area contributed by atoms with E-state index in [0.29, 0.717) is 35.1 Å². The summed E-state index contributed by atoms with van der Waals surface area (Å²) in [5.74, 6) is 0.314. The smallest absolute Gasteiger partial charge is 0.294 e. The van der Waals surface area contributed by atoms with Gasteiger partial charge in [-0.3, -0.25) is 14.5 Å². The van der Waals surface area contributed by atoms with Crippen molar-refractivity contribution in [3.05, 3.63) is 59.4 Å². The number of hydrogen-bond acceptors (Lipinski definition) is 6. The summed E-state index contributed by atoms with van der Waals surface area (Å²) in [4.78, 5) is 27.7. The number of aliphatic hydroxyl groups is 1. The minimum Gasteiger partial charge on any atom is -0.503 e. The highest BCUT2D eigenvalue weighted by atomic mass is 16.5. The first-order valence-corrected chi connectivity index (χ1v) is 10.6. The van der Waals surface area contributed by atoms with Gasteiger partial charge in [-0.15, -0.1) is 0 Å². The third kappa shape index (κ3) is 4.42. The van der Waals surface area contributed by atoms with Gasteiger partial charge in [0, 0.05) is 12.1 Å². The molecule has 1 N–H and O–H groups in total. The lowest BCUT2D eigenvalue weighted by Gasteiger charge is -2.27. The van der Waals surface area contributed by atoms with Crippen LogP contribution >= 0.6 is 0 Å². The molecule has 0 spiro atoms. The number of hydrogen-bond donors (Lipinski definition) is 1. The summed E-state index contributed by atoms with van der Waals surface area (Å²) in [6.45, 7) is 6.25. The lowest BCUT2D eigenvalue weighted by atomic mass is 9.91. The van der Waals surface area contributed by atoms with E-state index in [1.807, 2.05) is 20.8 Å². The van der Waals surface area contributed by atoms with Gasteiger partial charge in [-0.25, -0.2) is 0 Å². The van der Waals surface area contributed by atoms with Gasteiger partial charge >= 0.3 is 0 Å². The van der Waals surface area contributed by atoms with E-state index in [2.05, 4.69) is 0 Å². The van der Waals surface area contributed by atoms with Crippen molar-refractivity contribution in [2.45, 2.75) is 33.2 Å². The van der Waals surface area contributed by atoms with E-state index in [4.69, 9.17) is 14.2 Å². The molecule has 3 rings (SSSR count). The number of rotatable bonds is 9. The van der Waals surface area contributed by atoms with Crippen LogP contribution in [-0.4, -0.2) is 37.6 Å². The number of carbonyl (C=O) groups is 2. The van der Waals surface area contributed by atoms with E-state index >= 15 is 0 Å². The van der Waals surface area contributed by atoms with Gasteiger partial charge in [0.2, 0.25) is 0 Å². The van der Waals surface area contributed by atoms with Crippen molar-refractivity contribution in [3.63, 3.8) is 0 Å². The molecule has 1 amide bonds. The Labute approximate surface area is 188 Å². The first-order valence-electron chi connectivity index (χ1n) is 10.6. The predicted molar refractivity (Wildman–Crippen MR) is 122 cm³/mol. The maximum Gasteiger partial charge on any atom is 0.294 e. The van der Waals surface area contributed by atoms with Crippen LogP contribution in [0, 0.1) is 5.92 Å². The van der Waals surface area contributed by atoms with E-state index in [1.54, 1.807) is 42.5 Å². The molecular weight excluding hydrogens is 410 g/mol. The molecule has 7 nitrogen and oxygen atoms in total. The number of anilines is 1. The van der Waals surface area contributed by atoms with Crippen molar-refractivity contribution in [3.8, 4) is 17.2 Å². The van der Waals surface area contributed by atoms with Crippen molar-refractivity contribution in [2.24, 2.45) is 5.92 Å². The summed E-state index contributed by atoms with van der Waals surface area (Å²) in [5.41, 5.74) is 1.25. The van der Waals surface area contributed by atoms with Crippen LogP contribution in [0.3, 0.4) is 0 Å². The highest BCUT2D eigenvalue weighted by Gasteiger charge is 2.44. The molecule has 0 aliphatic carbocycles. The highest BCUT2D eigenvalue weighted by molar-refractivity contribution is 6.16. The summed E-state index contributed by atoms with van der Waals surface area (Å²) >= 11 is 0. The van der Waals surface area contributed by atoms with Crippen LogP contribution in [0.2, 0.25) is 0 Å². The molecule has 0 saturated heterocycles. The van der Waals surface area contributed by atoms with Crippen molar-refractivity contribution < 1.29 is 28.9 Å². The lowest BCUT2D eigenvalue weighted by molar-refractivity contribution is -0.118. The van der Waals surface area contributed by atoms with Gasteiger partial charge in [-0.2, -0.15) is 0 Å². The first-order chi connectivity index (χ1) is 15.3. The normalized spacial score (nSPS) is 16.0. The summed E-state index contributed by atoms with van der Waals surface area (Å²) in [5, 5.41) is 10.8. The van der Waals surface area contributed by atoms with Gasteiger partial charge in [0.25, 0.3) is 5.91 Å². The first kappa shape index (κ1) is 23.2. The maximum absolute atomic E-state index is 13.2. The van der Waals surface area contributed by atoms with Gasteiger partial charge in [0.15, 0.2) is 23.0 Å². The average Bonchev–Trinajstić information content (AvgIpc) is 3.04. The Morgan fingerprint density at radius 2 is 1.72 bits per heavy atom. The largest absolute Gasteiger partial charge is 0.503 e. The van der Waals surface area contributed by atoms with Crippen LogP contribution in [0.1, 0.15) is 38.8 Å². The zero-order valence-corrected chi connectivity index (χ0v) is 19.0. The fourth-order valence-corrected chi connectivity index (χ4v) is 3.85. The van der Waals surface area contributed by atoms with Gasteiger partial charge in [-0.05, 0) is 54.8 Å². The van der Waals surface area contributed by atoms with E-state index in [-0.39, 0.29) is 23.7 Å². The van der Waals surface area contributed by atoms with Crippen molar-refractivity contribution in [2.75, 3.05) is 25.7 Å². The molecule has 1 atom stereocenters. The Hall–Kier alpha value is -3.48. The second-order valence-electron chi connectivity index (χ2n) is 7.90. The molecule has 7 heteroatoms. The van der Waals surface area contributed by atoms with Gasteiger partial charge < -0.3 is 19.3 Å². The number of carbonyl (C=O) groups excluding carboxylic acids is 2. The number of Topliss-reactive ketones (excluding diaryl/α,β-unsaturated/α-hetero) is 1. The fraction of sp³-hybridized carbons (Fsp3) is 0.360. The van der Waals surface area contributed by atoms with E-state index in [0.717, 1.165) is 0 Å². The second kappa shape index (κ2) is 9.77. The molecule has 0 bridgehead atoms. The highest BCUT2D eigenvalue weighted by Crippen LogP contribution is 2.43. The van der Waals surface area contributed by atoms with Gasteiger partial charge in [0.05, 0.1) is 32.4 Å². The second-order valence-corrected chi connectivity index (χ2v) is 7.90. The molecule has 0 saturated carbocycles. The fourth-order valence-electron chi connectivity index (χ4n) is 3.85. The summed E-state index contributed by atoms with van der Waals surface area (Å²) in [7, 11) is 3.05. The number of amides is 1. The number of aliphatic hydroxyl groups excluding tert-OH is 1. The Morgan fingerprint density at radius 3 is 2.28 bits per heavy atom. The summed E-state index contributed by atoms with van der Waals surface area (Å²) < 4.78 is 16.2. The number of nitrogens with zero attached hydrogens (tertiary/aromatic N) is 1. The minimum atomic E-state index is -0.800. The average molecular weight is 440 g/mol. The molecule has 1 heterocycles. The van der Waals surface area contributed by atoms with Crippen LogP contribution < -0.4 is 19.1 Å². The Bertz CT molecular complexity index is 1030. The van der Waals surface area contributed by atoms with Crippen LogP contribution in [-0.2, 0) is 9.59 Å². The predicted octanol–water partition coefficient (Wildman–Crippen LogP) is 4.62. The summed E-state index contributed by atoms with van der Waals surface area (Å²) in [6, 6.07) is 11.4. The topological polar surface area (TPSA) is 85.3 Å². The number of methoxy groups -OCH3 is 2. The van der Waals surface area contributed by atoms with Crippen LogP contribution in [0.4, 0.5) is 5.69 Å². The van der Waals surface area contributed by atoms with Crippen LogP contribution in [0.25, 0.3) is 0 Å².